The first kappa shape index (κ1) is 18.2. The number of carbonyl (C=O) groups is 2. The van der Waals surface area contributed by atoms with Crippen LogP contribution in [-0.2, 0) is 11.3 Å². The maximum Gasteiger partial charge on any atom is 0.286 e. The van der Waals surface area contributed by atoms with Crippen LogP contribution in [0.2, 0.25) is 0 Å². The van der Waals surface area contributed by atoms with Gasteiger partial charge in [0, 0.05) is 5.69 Å². The molecule has 3 rings (SSSR count). The van der Waals surface area contributed by atoms with Crippen molar-refractivity contribution >= 4 is 40.6 Å². The Balaban J connectivity index is 1.49. The monoisotopic (exact) mass is 388 g/mol. The van der Waals surface area contributed by atoms with E-state index in [4.69, 9.17) is 4.42 Å². The second-order valence-electron chi connectivity index (χ2n) is 5.29. The zero-order valence-corrected chi connectivity index (χ0v) is 15.5. The average Bonchev–Trinajstić information content (AvgIpc) is 3.32. The molecule has 0 saturated heterocycles. The third-order valence-electron chi connectivity index (χ3n) is 3.36. The zero-order chi connectivity index (χ0) is 18.4. The molecule has 2 heterocycles. The molecular formula is C17H16N4O3S2. The summed E-state index contributed by atoms with van der Waals surface area (Å²) in [5.74, 6) is 0.419. The molecule has 0 bridgehead atoms. The molecule has 0 unspecified atom stereocenters. The van der Waals surface area contributed by atoms with E-state index in [1.54, 1.807) is 18.4 Å². The van der Waals surface area contributed by atoms with Crippen molar-refractivity contribution < 1.29 is 14.0 Å². The van der Waals surface area contributed by atoms with Crippen molar-refractivity contribution in [2.45, 2.75) is 17.8 Å². The number of benzene rings is 1. The summed E-state index contributed by atoms with van der Waals surface area (Å²) in [5.41, 5.74) is 1.70. The third kappa shape index (κ3) is 4.93. The molecule has 0 aliphatic carbocycles. The van der Waals surface area contributed by atoms with Gasteiger partial charge in [-0.25, -0.2) is 0 Å². The summed E-state index contributed by atoms with van der Waals surface area (Å²) in [5, 5.41) is 13.7. The quantitative estimate of drug-likeness (QED) is 0.604. The molecule has 134 valence electrons. The molecule has 1 aromatic carbocycles. The van der Waals surface area contributed by atoms with E-state index < -0.39 is 0 Å². The predicted octanol–water partition coefficient (Wildman–Crippen LogP) is 3.10. The third-order valence-corrected chi connectivity index (χ3v) is 5.42. The lowest BCUT2D eigenvalue weighted by Gasteiger charge is -2.05. The van der Waals surface area contributed by atoms with E-state index in [0.29, 0.717) is 16.6 Å². The zero-order valence-electron chi connectivity index (χ0n) is 13.9. The fourth-order valence-electron chi connectivity index (χ4n) is 2.03. The van der Waals surface area contributed by atoms with Gasteiger partial charge in [0.1, 0.15) is 5.76 Å². The van der Waals surface area contributed by atoms with Crippen LogP contribution in [0.3, 0.4) is 0 Å². The van der Waals surface area contributed by atoms with Crippen LogP contribution in [0.1, 0.15) is 21.1 Å². The van der Waals surface area contributed by atoms with Gasteiger partial charge in [-0.1, -0.05) is 41.3 Å². The molecule has 0 aliphatic rings. The Morgan fingerprint density at radius 1 is 1.19 bits per heavy atom. The number of amides is 2. The van der Waals surface area contributed by atoms with Crippen LogP contribution in [0.25, 0.3) is 0 Å². The van der Waals surface area contributed by atoms with Gasteiger partial charge in [0.25, 0.3) is 5.91 Å². The van der Waals surface area contributed by atoms with Crippen LogP contribution >= 0.6 is 23.1 Å². The van der Waals surface area contributed by atoms with Gasteiger partial charge < -0.3 is 15.1 Å². The number of rotatable bonds is 7. The average molecular weight is 388 g/mol. The van der Waals surface area contributed by atoms with Gasteiger partial charge in [0.15, 0.2) is 4.34 Å². The first-order valence-electron chi connectivity index (χ1n) is 7.74. The molecule has 7 nitrogen and oxygen atoms in total. The SMILES string of the molecule is Cc1ccccc1NC(=O)c1nnc(SCC(=O)NCc2ccco2)s1. The highest BCUT2D eigenvalue weighted by atomic mass is 32.2. The van der Waals surface area contributed by atoms with E-state index in [-0.39, 0.29) is 22.6 Å². The summed E-state index contributed by atoms with van der Waals surface area (Å²) in [6, 6.07) is 11.1. The Hall–Kier alpha value is -2.65. The van der Waals surface area contributed by atoms with Crippen LogP contribution in [0.5, 0.6) is 0 Å². The summed E-state index contributed by atoms with van der Waals surface area (Å²) in [6.45, 7) is 2.25. The largest absolute Gasteiger partial charge is 0.467 e. The van der Waals surface area contributed by atoms with Gasteiger partial charge in [0.2, 0.25) is 10.9 Å². The van der Waals surface area contributed by atoms with Gasteiger partial charge in [-0.2, -0.15) is 0 Å². The van der Waals surface area contributed by atoms with E-state index in [0.717, 1.165) is 22.6 Å². The number of nitrogens with zero attached hydrogens (tertiary/aromatic N) is 2. The second-order valence-corrected chi connectivity index (χ2v) is 7.49. The lowest BCUT2D eigenvalue weighted by atomic mass is 10.2. The standard InChI is InChI=1S/C17H16N4O3S2/c1-11-5-2-3-7-13(11)19-15(23)16-20-21-17(26-16)25-10-14(22)18-9-12-6-4-8-24-12/h2-8H,9-10H2,1H3,(H,18,22)(H,19,23). The molecule has 9 heteroatoms. The molecule has 26 heavy (non-hydrogen) atoms. The Morgan fingerprint density at radius 2 is 2.04 bits per heavy atom. The lowest BCUT2D eigenvalue weighted by molar-refractivity contribution is -0.118. The summed E-state index contributed by atoms with van der Waals surface area (Å²) in [7, 11) is 0. The highest BCUT2D eigenvalue weighted by molar-refractivity contribution is 8.01. The molecule has 0 saturated carbocycles. The predicted molar refractivity (Wildman–Crippen MR) is 100 cm³/mol. The van der Waals surface area contributed by atoms with Crippen LogP contribution in [0, 0.1) is 6.92 Å². The normalized spacial score (nSPS) is 10.5. The Morgan fingerprint density at radius 3 is 2.81 bits per heavy atom. The molecule has 0 radical (unpaired) electrons. The minimum Gasteiger partial charge on any atom is -0.467 e. The van der Waals surface area contributed by atoms with Crippen molar-refractivity contribution in [3.8, 4) is 0 Å². The Labute approximate surface area is 158 Å². The van der Waals surface area contributed by atoms with Crippen molar-refractivity contribution in [1.82, 2.24) is 15.5 Å². The van der Waals surface area contributed by atoms with Crippen molar-refractivity contribution in [3.63, 3.8) is 0 Å². The van der Waals surface area contributed by atoms with Gasteiger partial charge in [-0.3, -0.25) is 9.59 Å². The van der Waals surface area contributed by atoms with E-state index in [2.05, 4.69) is 20.8 Å². The van der Waals surface area contributed by atoms with Gasteiger partial charge in [0.05, 0.1) is 18.6 Å². The minimum atomic E-state index is -0.314. The Kier molecular flexibility index (Phi) is 6.03. The van der Waals surface area contributed by atoms with Crippen LogP contribution in [0.15, 0.2) is 51.4 Å². The van der Waals surface area contributed by atoms with Crippen LogP contribution < -0.4 is 10.6 Å². The number of para-hydroxylation sites is 1. The van der Waals surface area contributed by atoms with Crippen molar-refractivity contribution in [2.24, 2.45) is 0 Å². The number of anilines is 1. The molecule has 3 aromatic rings. The van der Waals surface area contributed by atoms with Gasteiger partial charge in [-0.05, 0) is 30.7 Å². The first-order chi connectivity index (χ1) is 12.6. The van der Waals surface area contributed by atoms with E-state index in [1.165, 1.54) is 11.8 Å². The maximum absolute atomic E-state index is 12.2. The number of aryl methyl sites for hydroxylation is 1. The number of aromatic nitrogens is 2. The summed E-state index contributed by atoms with van der Waals surface area (Å²) in [6.07, 6.45) is 1.56. The minimum absolute atomic E-state index is 0.146. The summed E-state index contributed by atoms with van der Waals surface area (Å²) >= 11 is 2.39. The Bertz CT molecular complexity index is 893. The first-order valence-corrected chi connectivity index (χ1v) is 9.54. The lowest BCUT2D eigenvalue weighted by Crippen LogP contribution is -2.24. The number of furan rings is 1. The summed E-state index contributed by atoms with van der Waals surface area (Å²) in [4.78, 5) is 24.1. The molecule has 2 amide bonds. The van der Waals surface area contributed by atoms with Gasteiger partial charge in [-0.15, -0.1) is 10.2 Å². The highest BCUT2D eigenvalue weighted by Crippen LogP contribution is 2.23. The molecule has 2 N–H and O–H groups in total. The van der Waals surface area contributed by atoms with Crippen LogP contribution in [-0.4, -0.2) is 27.8 Å². The number of carbonyl (C=O) groups excluding carboxylic acids is 2. The molecule has 0 aliphatic heterocycles. The molecular weight excluding hydrogens is 372 g/mol. The fraction of sp³-hybridized carbons (Fsp3) is 0.176. The molecule has 0 spiro atoms. The van der Waals surface area contributed by atoms with E-state index >= 15 is 0 Å². The maximum atomic E-state index is 12.2. The molecule has 0 fully saturated rings. The highest BCUT2D eigenvalue weighted by Gasteiger charge is 2.15. The van der Waals surface area contributed by atoms with Crippen molar-refractivity contribution in [2.75, 3.05) is 11.1 Å². The number of thioether (sulfide) groups is 1. The van der Waals surface area contributed by atoms with Crippen molar-refractivity contribution in [3.05, 3.63) is 59.0 Å². The summed E-state index contributed by atoms with van der Waals surface area (Å²) < 4.78 is 5.71. The van der Waals surface area contributed by atoms with E-state index in [1.807, 2.05) is 31.2 Å². The number of nitrogens with one attached hydrogen (secondary N) is 2. The van der Waals surface area contributed by atoms with E-state index in [9.17, 15) is 9.59 Å². The number of hydrogen-bond donors (Lipinski definition) is 2. The number of hydrogen-bond acceptors (Lipinski definition) is 7. The molecule has 0 atom stereocenters. The second kappa shape index (κ2) is 8.63. The topological polar surface area (TPSA) is 97.1 Å². The van der Waals surface area contributed by atoms with Gasteiger partial charge >= 0.3 is 0 Å². The van der Waals surface area contributed by atoms with Crippen LogP contribution in [0.4, 0.5) is 5.69 Å². The fourth-order valence-corrected chi connectivity index (χ4v) is 3.60. The van der Waals surface area contributed by atoms with Crippen molar-refractivity contribution in [1.29, 1.82) is 0 Å². The smallest absolute Gasteiger partial charge is 0.286 e. The molecule has 2 aromatic heterocycles.